The molecule has 1 aromatic carbocycles. The minimum Gasteiger partial charge on any atom is -0.744 e. The van der Waals surface area contributed by atoms with Crippen LogP contribution in [0.1, 0.15) is 6.92 Å². The van der Waals surface area contributed by atoms with Crippen LogP contribution in [0.15, 0.2) is 34.3 Å². The van der Waals surface area contributed by atoms with Crippen molar-refractivity contribution in [1.29, 1.82) is 5.26 Å². The Hall–Kier alpha value is -1.24. The van der Waals surface area contributed by atoms with Crippen molar-refractivity contribution >= 4 is 27.3 Å². The van der Waals surface area contributed by atoms with E-state index in [0.717, 1.165) is 13.0 Å². The predicted molar refractivity (Wildman–Crippen MR) is 61.8 cm³/mol. The first kappa shape index (κ1) is 17.8. The average molecular weight is 289 g/mol. The van der Waals surface area contributed by atoms with Gasteiger partial charge < -0.3 is 4.55 Å². The van der Waals surface area contributed by atoms with E-state index in [1.165, 1.54) is 18.2 Å². The van der Waals surface area contributed by atoms with Gasteiger partial charge in [0.2, 0.25) is 5.71 Å². The second kappa shape index (κ2) is 7.37. The maximum atomic E-state index is 10.9. The van der Waals surface area contributed by atoms with Gasteiger partial charge in [-0.05, 0) is 12.1 Å². The molecule has 0 saturated carbocycles. The molecule has 0 radical (unpaired) electrons. The molecule has 0 bridgehead atoms. The van der Waals surface area contributed by atoms with Crippen molar-refractivity contribution < 1.29 is 47.3 Å². The van der Waals surface area contributed by atoms with Crippen LogP contribution in [0.5, 0.6) is 0 Å². The number of rotatable bonds is 4. The number of nitrogens with one attached hydrogen (secondary N) is 1. The van der Waals surface area contributed by atoms with Crippen LogP contribution < -0.4 is 35.0 Å². The summed E-state index contributed by atoms with van der Waals surface area (Å²) < 4.78 is 32.8. The van der Waals surface area contributed by atoms with Crippen molar-refractivity contribution in [2.75, 3.05) is 5.43 Å². The van der Waals surface area contributed by atoms with Gasteiger partial charge in [0.05, 0.1) is 10.6 Å². The third-order valence-corrected chi connectivity index (χ3v) is 2.78. The van der Waals surface area contributed by atoms with E-state index >= 15 is 0 Å². The Kier molecular flexibility index (Phi) is 6.89. The van der Waals surface area contributed by atoms with Gasteiger partial charge in [-0.15, -0.1) is 0 Å². The van der Waals surface area contributed by atoms with Crippen molar-refractivity contribution in [3.63, 3.8) is 0 Å². The van der Waals surface area contributed by atoms with E-state index in [9.17, 15) is 17.8 Å². The smallest absolute Gasteiger partial charge is 0.744 e. The van der Waals surface area contributed by atoms with E-state index in [0.29, 0.717) is 0 Å². The fraction of sp³-hybridized carbons (Fsp3) is 0.100. The standard InChI is InChI=1S/C10H9N3O4S.Na/c1-7(14)9(6-11)13-12-8-4-2-3-5-10(8)18(15,16)17;/h2-5,12H,1H3,(H,15,16,17);/q;+1/p-1/b13-9-;. The molecule has 9 heteroatoms. The Morgan fingerprint density at radius 2 is 2.00 bits per heavy atom. The number of hydrogen-bond donors (Lipinski definition) is 1. The molecule has 7 nitrogen and oxygen atoms in total. The van der Waals surface area contributed by atoms with Gasteiger partial charge in [-0.1, -0.05) is 12.1 Å². The summed E-state index contributed by atoms with van der Waals surface area (Å²) in [6.07, 6.45) is 0. The minimum atomic E-state index is -4.66. The van der Waals surface area contributed by atoms with E-state index < -0.39 is 26.5 Å². The molecule has 0 saturated heterocycles. The molecule has 0 heterocycles. The summed E-state index contributed by atoms with van der Waals surface area (Å²) in [4.78, 5) is 10.4. The number of nitriles is 1. The number of carbonyl (C=O) groups is 1. The second-order valence-electron chi connectivity index (χ2n) is 3.19. The van der Waals surface area contributed by atoms with Crippen LogP contribution in [-0.4, -0.2) is 24.5 Å². The Morgan fingerprint density at radius 1 is 1.42 bits per heavy atom. The third-order valence-electron chi connectivity index (χ3n) is 1.88. The summed E-state index contributed by atoms with van der Waals surface area (Å²) in [5, 5.41) is 12.0. The molecular formula is C10H8N3NaO4S. The van der Waals surface area contributed by atoms with Gasteiger partial charge in [0.1, 0.15) is 16.2 Å². The fourth-order valence-electron chi connectivity index (χ4n) is 1.08. The number of carbonyl (C=O) groups excluding carboxylic acids is 1. The second-order valence-corrected chi connectivity index (χ2v) is 4.54. The van der Waals surface area contributed by atoms with E-state index in [4.69, 9.17) is 5.26 Å². The summed E-state index contributed by atoms with van der Waals surface area (Å²) in [5.74, 6) is -0.576. The molecule has 0 aromatic heterocycles. The van der Waals surface area contributed by atoms with Gasteiger partial charge in [0.15, 0.2) is 5.78 Å². The summed E-state index contributed by atoms with van der Waals surface area (Å²) in [5.41, 5.74) is 1.70. The zero-order valence-electron chi connectivity index (χ0n) is 10.2. The van der Waals surface area contributed by atoms with Crippen molar-refractivity contribution in [3.8, 4) is 6.07 Å². The molecule has 0 aliphatic rings. The molecule has 1 N–H and O–H groups in total. The third kappa shape index (κ3) is 5.10. The van der Waals surface area contributed by atoms with Gasteiger partial charge in [0, 0.05) is 6.92 Å². The molecule has 19 heavy (non-hydrogen) atoms. The molecular weight excluding hydrogens is 281 g/mol. The first-order chi connectivity index (χ1) is 8.36. The molecule has 0 aliphatic heterocycles. The quantitative estimate of drug-likeness (QED) is 0.282. The van der Waals surface area contributed by atoms with Crippen molar-refractivity contribution in [1.82, 2.24) is 0 Å². The minimum absolute atomic E-state index is 0. The van der Waals surface area contributed by atoms with E-state index in [1.54, 1.807) is 6.07 Å². The summed E-state index contributed by atoms with van der Waals surface area (Å²) >= 11 is 0. The molecule has 0 amide bonds. The van der Waals surface area contributed by atoms with Gasteiger partial charge in [-0.3, -0.25) is 10.2 Å². The largest absolute Gasteiger partial charge is 1.00 e. The number of Topliss-reactive ketones (excluding diaryl/α,β-unsaturated/α-hetero) is 1. The van der Waals surface area contributed by atoms with Crippen LogP contribution in [0.2, 0.25) is 0 Å². The average Bonchev–Trinajstić information content (AvgIpc) is 2.28. The zero-order chi connectivity index (χ0) is 13.8. The number of hydrazone groups is 1. The number of nitrogens with zero attached hydrogens (tertiary/aromatic N) is 2. The topological polar surface area (TPSA) is 122 Å². The van der Waals surface area contributed by atoms with Crippen LogP contribution in [0.25, 0.3) is 0 Å². The van der Waals surface area contributed by atoms with Gasteiger partial charge in [-0.25, -0.2) is 8.42 Å². The Balaban J connectivity index is 0.00000324. The molecule has 0 spiro atoms. The molecule has 1 rings (SSSR count). The maximum Gasteiger partial charge on any atom is 1.00 e. The summed E-state index contributed by atoms with van der Waals surface area (Å²) in [6, 6.07) is 6.78. The van der Waals surface area contributed by atoms with E-state index in [1.807, 2.05) is 0 Å². The van der Waals surface area contributed by atoms with Crippen LogP contribution >= 0.6 is 0 Å². The number of para-hydroxylation sites is 1. The Labute approximate surface area is 132 Å². The molecule has 0 fully saturated rings. The fourth-order valence-corrected chi connectivity index (χ4v) is 1.70. The van der Waals surface area contributed by atoms with E-state index in [2.05, 4.69) is 10.5 Å². The van der Waals surface area contributed by atoms with Crippen LogP contribution in [-0.2, 0) is 14.9 Å². The molecule has 0 unspecified atom stereocenters. The van der Waals surface area contributed by atoms with E-state index in [-0.39, 0.29) is 35.2 Å². The van der Waals surface area contributed by atoms with Crippen LogP contribution in [0.3, 0.4) is 0 Å². The number of ketones is 1. The maximum absolute atomic E-state index is 10.9. The monoisotopic (exact) mass is 289 g/mol. The summed E-state index contributed by atoms with van der Waals surface area (Å²) in [6.45, 7) is 1.14. The summed E-state index contributed by atoms with van der Waals surface area (Å²) in [7, 11) is -4.66. The van der Waals surface area contributed by atoms with Gasteiger partial charge in [0.25, 0.3) is 0 Å². The molecule has 0 atom stereocenters. The SMILES string of the molecule is CC(=O)/C(C#N)=N\Nc1ccccc1S(=O)(=O)[O-].[Na+]. The van der Waals surface area contributed by atoms with Gasteiger partial charge >= 0.3 is 29.6 Å². The zero-order valence-corrected chi connectivity index (χ0v) is 13.1. The number of anilines is 1. The van der Waals surface area contributed by atoms with Crippen LogP contribution in [0.4, 0.5) is 5.69 Å². The Morgan fingerprint density at radius 3 is 2.47 bits per heavy atom. The van der Waals surface area contributed by atoms with Crippen molar-refractivity contribution in [2.45, 2.75) is 11.8 Å². The number of benzene rings is 1. The predicted octanol–water partition coefficient (Wildman–Crippen LogP) is -2.52. The molecule has 94 valence electrons. The molecule has 0 aliphatic carbocycles. The van der Waals surface area contributed by atoms with Crippen molar-refractivity contribution in [2.24, 2.45) is 5.10 Å². The Bertz CT molecular complexity index is 649. The van der Waals surface area contributed by atoms with Crippen LogP contribution in [0, 0.1) is 11.3 Å². The first-order valence-electron chi connectivity index (χ1n) is 4.66. The first-order valence-corrected chi connectivity index (χ1v) is 6.06. The molecule has 1 aromatic rings. The number of hydrogen-bond acceptors (Lipinski definition) is 7. The van der Waals surface area contributed by atoms with Gasteiger partial charge in [-0.2, -0.15) is 10.4 Å². The van der Waals surface area contributed by atoms with Crippen molar-refractivity contribution in [3.05, 3.63) is 24.3 Å². The normalized spacial score (nSPS) is 11.1.